The molecule has 6 nitrogen and oxygen atoms in total. The van der Waals surface area contributed by atoms with Crippen molar-refractivity contribution in [2.24, 2.45) is 0 Å². The number of nitrogens with one attached hydrogen (secondary N) is 2. The second-order valence-corrected chi connectivity index (χ2v) is 7.80. The van der Waals surface area contributed by atoms with E-state index >= 15 is 0 Å². The standard InChI is InChI=1S/C20H19N3O3S2/c1-2-13-5-7-14(8-6-13)20-21-15(12-28-20)19(26)23-22-18(25)10-9-16(24)17-4-3-11-27-17/h3-8,11-12H,2,9-10H2,1H3,(H,22,25)(H,23,26). The van der Waals surface area contributed by atoms with Gasteiger partial charge in [0.25, 0.3) is 5.91 Å². The zero-order valence-electron chi connectivity index (χ0n) is 15.2. The molecule has 0 fully saturated rings. The van der Waals surface area contributed by atoms with Crippen LogP contribution in [0.25, 0.3) is 10.6 Å². The second kappa shape index (κ2) is 9.38. The van der Waals surface area contributed by atoms with E-state index in [1.807, 2.05) is 29.6 Å². The van der Waals surface area contributed by atoms with Crippen molar-refractivity contribution in [2.45, 2.75) is 26.2 Å². The first-order valence-corrected chi connectivity index (χ1v) is 10.5. The van der Waals surface area contributed by atoms with Crippen molar-refractivity contribution in [3.63, 3.8) is 0 Å². The third-order valence-electron chi connectivity index (χ3n) is 4.04. The van der Waals surface area contributed by atoms with Crippen LogP contribution in [-0.2, 0) is 11.2 Å². The summed E-state index contributed by atoms with van der Waals surface area (Å²) in [6.07, 6.45) is 1.06. The van der Waals surface area contributed by atoms with E-state index in [-0.39, 0.29) is 24.3 Å². The van der Waals surface area contributed by atoms with E-state index in [1.54, 1.807) is 17.5 Å². The van der Waals surface area contributed by atoms with Crippen LogP contribution in [0.5, 0.6) is 0 Å². The number of amides is 2. The number of aromatic nitrogens is 1. The Morgan fingerprint density at radius 3 is 2.46 bits per heavy atom. The van der Waals surface area contributed by atoms with Crippen molar-refractivity contribution in [3.05, 3.63) is 63.3 Å². The van der Waals surface area contributed by atoms with Gasteiger partial charge in [-0.25, -0.2) is 4.98 Å². The normalized spacial score (nSPS) is 10.5. The van der Waals surface area contributed by atoms with Gasteiger partial charge in [-0.1, -0.05) is 37.3 Å². The number of aryl methyl sites for hydroxylation is 1. The predicted octanol–water partition coefficient (Wildman–Crippen LogP) is 3.86. The molecule has 144 valence electrons. The van der Waals surface area contributed by atoms with Crippen LogP contribution in [0.4, 0.5) is 0 Å². The average Bonchev–Trinajstić information content (AvgIpc) is 3.42. The third-order valence-corrected chi connectivity index (χ3v) is 5.84. The topological polar surface area (TPSA) is 88.2 Å². The molecule has 0 aliphatic rings. The maximum Gasteiger partial charge on any atom is 0.289 e. The van der Waals surface area contributed by atoms with Crippen molar-refractivity contribution >= 4 is 40.3 Å². The van der Waals surface area contributed by atoms with Crippen LogP contribution in [0.1, 0.15) is 45.5 Å². The first-order chi connectivity index (χ1) is 13.6. The maximum atomic E-state index is 12.2. The van der Waals surface area contributed by atoms with Crippen LogP contribution in [0, 0.1) is 0 Å². The highest BCUT2D eigenvalue weighted by atomic mass is 32.1. The Labute approximate surface area is 170 Å². The monoisotopic (exact) mass is 413 g/mol. The number of carbonyl (C=O) groups excluding carboxylic acids is 3. The lowest BCUT2D eigenvalue weighted by atomic mass is 10.1. The minimum absolute atomic E-state index is 0.00308. The van der Waals surface area contributed by atoms with Gasteiger partial charge in [-0.05, 0) is 23.4 Å². The van der Waals surface area contributed by atoms with E-state index < -0.39 is 11.8 Å². The van der Waals surface area contributed by atoms with E-state index in [0.717, 1.165) is 17.0 Å². The Bertz CT molecular complexity index is 963. The van der Waals surface area contributed by atoms with Crippen molar-refractivity contribution in [3.8, 4) is 10.6 Å². The highest BCUT2D eigenvalue weighted by molar-refractivity contribution is 7.13. The van der Waals surface area contributed by atoms with E-state index in [2.05, 4.69) is 22.8 Å². The second-order valence-electron chi connectivity index (χ2n) is 5.99. The fraction of sp³-hybridized carbons (Fsp3) is 0.200. The third kappa shape index (κ3) is 5.11. The number of thiophene rings is 1. The van der Waals surface area contributed by atoms with Crippen LogP contribution < -0.4 is 10.9 Å². The molecule has 0 unspecified atom stereocenters. The summed E-state index contributed by atoms with van der Waals surface area (Å²) >= 11 is 2.71. The summed E-state index contributed by atoms with van der Waals surface area (Å²) in [7, 11) is 0. The largest absolute Gasteiger partial charge is 0.293 e. The number of hydrazine groups is 1. The van der Waals surface area contributed by atoms with E-state index in [4.69, 9.17) is 0 Å². The summed E-state index contributed by atoms with van der Waals surface area (Å²) in [4.78, 5) is 40.8. The first kappa shape index (κ1) is 19.9. The van der Waals surface area contributed by atoms with Crippen molar-refractivity contribution < 1.29 is 14.4 Å². The number of thiazole rings is 1. The molecule has 0 atom stereocenters. The summed E-state index contributed by atoms with van der Waals surface area (Å²) in [6.45, 7) is 2.09. The molecule has 0 saturated heterocycles. The van der Waals surface area contributed by atoms with Gasteiger partial charge in [0.05, 0.1) is 4.88 Å². The summed E-state index contributed by atoms with van der Waals surface area (Å²) in [5.41, 5.74) is 7.07. The molecular weight excluding hydrogens is 394 g/mol. The smallest absolute Gasteiger partial charge is 0.289 e. The molecule has 0 saturated carbocycles. The molecule has 2 aromatic heterocycles. The number of hydrogen-bond donors (Lipinski definition) is 2. The van der Waals surface area contributed by atoms with Crippen LogP contribution in [0.3, 0.4) is 0 Å². The quantitative estimate of drug-likeness (QED) is 0.455. The molecule has 2 amide bonds. The molecule has 3 aromatic rings. The van der Waals surface area contributed by atoms with E-state index in [9.17, 15) is 14.4 Å². The van der Waals surface area contributed by atoms with Crippen LogP contribution in [-0.4, -0.2) is 22.6 Å². The number of carbonyl (C=O) groups is 3. The number of hydrogen-bond acceptors (Lipinski definition) is 6. The molecule has 0 radical (unpaired) electrons. The average molecular weight is 414 g/mol. The number of ketones is 1. The molecule has 0 aliphatic carbocycles. The Morgan fingerprint density at radius 1 is 1.00 bits per heavy atom. The maximum absolute atomic E-state index is 12.2. The van der Waals surface area contributed by atoms with Gasteiger partial charge in [0.1, 0.15) is 10.7 Å². The number of nitrogens with zero attached hydrogens (tertiary/aromatic N) is 1. The summed E-state index contributed by atoms with van der Waals surface area (Å²) < 4.78 is 0. The van der Waals surface area contributed by atoms with E-state index in [1.165, 1.54) is 28.2 Å². The Morgan fingerprint density at radius 2 is 1.79 bits per heavy atom. The summed E-state index contributed by atoms with van der Waals surface area (Å²) in [6, 6.07) is 11.5. The molecule has 2 N–H and O–H groups in total. The molecule has 0 bridgehead atoms. The van der Waals surface area contributed by atoms with E-state index in [0.29, 0.717) is 4.88 Å². The molecule has 0 spiro atoms. The molecular formula is C20H19N3O3S2. The van der Waals surface area contributed by atoms with Gasteiger partial charge >= 0.3 is 0 Å². The Kier molecular flexibility index (Phi) is 6.67. The lowest BCUT2D eigenvalue weighted by molar-refractivity contribution is -0.121. The van der Waals surface area contributed by atoms with Crippen LogP contribution >= 0.6 is 22.7 Å². The lowest BCUT2D eigenvalue weighted by Crippen LogP contribution is -2.41. The van der Waals surface area contributed by atoms with Gasteiger partial charge in [0.15, 0.2) is 5.78 Å². The summed E-state index contributed by atoms with van der Waals surface area (Å²) in [5, 5.41) is 4.19. The highest BCUT2D eigenvalue weighted by Gasteiger charge is 2.14. The SMILES string of the molecule is CCc1ccc(-c2nc(C(=O)NNC(=O)CCC(=O)c3cccs3)cs2)cc1. The molecule has 1 aromatic carbocycles. The molecule has 2 heterocycles. The lowest BCUT2D eigenvalue weighted by Gasteiger charge is -2.05. The van der Waals surface area contributed by atoms with Crippen LogP contribution in [0.2, 0.25) is 0 Å². The zero-order chi connectivity index (χ0) is 19.9. The molecule has 0 aliphatic heterocycles. The van der Waals surface area contributed by atoms with Crippen LogP contribution in [0.15, 0.2) is 47.2 Å². The van der Waals surface area contributed by atoms with Gasteiger partial charge in [0.2, 0.25) is 5.91 Å². The number of rotatable bonds is 7. The fourth-order valence-corrected chi connectivity index (χ4v) is 3.93. The van der Waals surface area contributed by atoms with Crippen molar-refractivity contribution in [1.29, 1.82) is 0 Å². The van der Waals surface area contributed by atoms with Crippen molar-refractivity contribution in [1.82, 2.24) is 15.8 Å². The van der Waals surface area contributed by atoms with Gasteiger partial charge in [-0.15, -0.1) is 22.7 Å². The first-order valence-electron chi connectivity index (χ1n) is 8.77. The molecule has 8 heteroatoms. The molecule has 28 heavy (non-hydrogen) atoms. The summed E-state index contributed by atoms with van der Waals surface area (Å²) in [5.74, 6) is -1.01. The number of benzene rings is 1. The minimum Gasteiger partial charge on any atom is -0.293 e. The van der Waals surface area contributed by atoms with Gasteiger partial charge in [0, 0.05) is 23.8 Å². The molecule has 3 rings (SSSR count). The number of Topliss-reactive ketones (excluding diaryl/α,β-unsaturated/α-hetero) is 1. The van der Waals surface area contributed by atoms with Gasteiger partial charge < -0.3 is 0 Å². The zero-order valence-corrected chi connectivity index (χ0v) is 16.9. The van der Waals surface area contributed by atoms with Crippen molar-refractivity contribution in [2.75, 3.05) is 0 Å². The van der Waals surface area contributed by atoms with Gasteiger partial charge in [-0.3, -0.25) is 25.2 Å². The van der Waals surface area contributed by atoms with Gasteiger partial charge in [-0.2, -0.15) is 0 Å². The minimum atomic E-state index is -0.495. The Balaban J connectivity index is 1.48. The highest BCUT2D eigenvalue weighted by Crippen LogP contribution is 2.24. The Hall–Kier alpha value is -2.84. The fourth-order valence-electron chi connectivity index (χ4n) is 2.43. The predicted molar refractivity (Wildman–Crippen MR) is 110 cm³/mol.